The number of aromatic nitrogens is 2. The molecule has 1 aromatic heterocycles. The Bertz CT molecular complexity index is 462. The van der Waals surface area contributed by atoms with E-state index in [-0.39, 0.29) is 5.82 Å². The van der Waals surface area contributed by atoms with Gasteiger partial charge in [-0.1, -0.05) is 0 Å². The van der Waals surface area contributed by atoms with Crippen molar-refractivity contribution in [3.8, 4) is 5.69 Å². The van der Waals surface area contributed by atoms with Crippen molar-refractivity contribution >= 4 is 5.69 Å². The van der Waals surface area contributed by atoms with Gasteiger partial charge in [0.05, 0.1) is 0 Å². The molecule has 2 rings (SSSR count). The van der Waals surface area contributed by atoms with Gasteiger partial charge in [0.25, 0.3) is 0 Å². The van der Waals surface area contributed by atoms with Crippen LogP contribution in [0.25, 0.3) is 5.69 Å². The molecule has 72 valence electrons. The van der Waals surface area contributed by atoms with E-state index < -0.39 is 0 Å². The first-order valence-corrected chi connectivity index (χ1v) is 4.24. The monoisotopic (exact) mass is 191 g/mol. The Labute approximate surface area is 81.0 Å². The number of hydrogen-bond acceptors (Lipinski definition) is 2. The summed E-state index contributed by atoms with van der Waals surface area (Å²) < 4.78 is 14.9. The van der Waals surface area contributed by atoms with Crippen molar-refractivity contribution in [2.45, 2.75) is 6.92 Å². The lowest BCUT2D eigenvalue weighted by atomic mass is 10.2. The fraction of sp³-hybridized carbons (Fsp3) is 0.100. The largest absolute Gasteiger partial charge is 0.399 e. The van der Waals surface area contributed by atoms with Crippen LogP contribution in [-0.2, 0) is 0 Å². The normalized spacial score (nSPS) is 10.4. The zero-order chi connectivity index (χ0) is 10.1. The fourth-order valence-electron chi connectivity index (χ4n) is 1.31. The first kappa shape index (κ1) is 8.74. The average molecular weight is 191 g/mol. The van der Waals surface area contributed by atoms with Crippen LogP contribution in [0, 0.1) is 12.7 Å². The van der Waals surface area contributed by atoms with Gasteiger partial charge in [0.2, 0.25) is 0 Å². The predicted octanol–water partition coefficient (Wildman–Crippen LogP) is 1.90. The molecule has 0 atom stereocenters. The Morgan fingerprint density at radius 2 is 2.14 bits per heavy atom. The highest BCUT2D eigenvalue weighted by Gasteiger charge is 2.06. The van der Waals surface area contributed by atoms with Gasteiger partial charge in [0, 0.05) is 17.6 Å². The molecule has 3 nitrogen and oxygen atoms in total. The first-order valence-electron chi connectivity index (χ1n) is 4.24. The van der Waals surface area contributed by atoms with Crippen LogP contribution in [0.15, 0.2) is 30.5 Å². The molecule has 0 aliphatic rings. The lowest BCUT2D eigenvalue weighted by Crippen LogP contribution is -2.02. The van der Waals surface area contributed by atoms with Gasteiger partial charge in [-0.05, 0) is 31.2 Å². The minimum absolute atomic E-state index is 0.328. The van der Waals surface area contributed by atoms with E-state index in [2.05, 4.69) is 5.10 Å². The van der Waals surface area contributed by atoms with Crippen LogP contribution in [0.1, 0.15) is 5.69 Å². The van der Waals surface area contributed by atoms with Gasteiger partial charge in [0.15, 0.2) is 0 Å². The van der Waals surface area contributed by atoms with Gasteiger partial charge in [-0.25, -0.2) is 9.07 Å². The van der Waals surface area contributed by atoms with E-state index in [9.17, 15) is 4.39 Å². The Hall–Kier alpha value is -1.84. The third kappa shape index (κ3) is 1.35. The third-order valence-corrected chi connectivity index (χ3v) is 2.03. The number of hydrogen-bond donors (Lipinski definition) is 1. The molecule has 0 saturated carbocycles. The molecule has 4 heteroatoms. The maximum Gasteiger partial charge on any atom is 0.149 e. The predicted molar refractivity (Wildman–Crippen MR) is 52.7 cm³/mol. The van der Waals surface area contributed by atoms with Crippen molar-refractivity contribution < 1.29 is 4.39 Å². The second-order valence-electron chi connectivity index (χ2n) is 3.10. The van der Waals surface area contributed by atoms with Crippen molar-refractivity contribution in [2.75, 3.05) is 5.73 Å². The molecule has 2 N–H and O–H groups in total. The average Bonchev–Trinajstić information content (AvgIpc) is 2.56. The van der Waals surface area contributed by atoms with Crippen LogP contribution in [0.4, 0.5) is 10.1 Å². The summed E-state index contributed by atoms with van der Waals surface area (Å²) in [6.07, 6.45) is 1.62. The van der Waals surface area contributed by atoms with Gasteiger partial charge in [-0.3, -0.25) is 0 Å². The van der Waals surface area contributed by atoms with Crippen molar-refractivity contribution in [1.82, 2.24) is 9.78 Å². The molecule has 1 heterocycles. The number of nitrogens with zero attached hydrogens (tertiary/aromatic N) is 2. The van der Waals surface area contributed by atoms with Crippen molar-refractivity contribution in [3.05, 3.63) is 42.0 Å². The number of anilines is 1. The van der Waals surface area contributed by atoms with Crippen LogP contribution in [0.2, 0.25) is 0 Å². The van der Waals surface area contributed by atoms with E-state index in [4.69, 9.17) is 5.73 Å². The van der Waals surface area contributed by atoms with E-state index >= 15 is 0 Å². The van der Waals surface area contributed by atoms with Gasteiger partial charge in [-0.2, -0.15) is 5.10 Å². The molecule has 1 aromatic carbocycles. The molecule has 0 saturated heterocycles. The summed E-state index contributed by atoms with van der Waals surface area (Å²) in [7, 11) is 0. The Morgan fingerprint density at radius 1 is 1.36 bits per heavy atom. The van der Waals surface area contributed by atoms with Crippen LogP contribution in [-0.4, -0.2) is 9.78 Å². The summed E-state index contributed by atoms with van der Waals surface area (Å²) in [4.78, 5) is 0. The molecule has 2 aromatic rings. The molecule has 0 radical (unpaired) electrons. The van der Waals surface area contributed by atoms with Crippen LogP contribution < -0.4 is 5.73 Å². The lowest BCUT2D eigenvalue weighted by Gasteiger charge is -2.06. The molecule has 0 unspecified atom stereocenters. The maximum atomic E-state index is 13.4. The second-order valence-corrected chi connectivity index (χ2v) is 3.10. The fourth-order valence-corrected chi connectivity index (χ4v) is 1.31. The highest BCUT2D eigenvalue weighted by Crippen LogP contribution is 2.17. The second kappa shape index (κ2) is 3.14. The van der Waals surface area contributed by atoms with Crippen LogP contribution >= 0.6 is 0 Å². The summed E-state index contributed by atoms with van der Waals surface area (Å²) in [6, 6.07) is 6.24. The number of rotatable bonds is 1. The summed E-state index contributed by atoms with van der Waals surface area (Å²) in [5.41, 5.74) is 7.35. The molecule has 14 heavy (non-hydrogen) atoms. The van der Waals surface area contributed by atoms with E-state index in [1.807, 2.05) is 13.0 Å². The SMILES string of the molecule is Cc1ccnn1-c1cc(N)ccc1F. The zero-order valence-electron chi connectivity index (χ0n) is 7.74. The van der Waals surface area contributed by atoms with Crippen molar-refractivity contribution in [3.63, 3.8) is 0 Å². The molecule has 0 fully saturated rings. The van der Waals surface area contributed by atoms with Crippen LogP contribution in [0.3, 0.4) is 0 Å². The molecular weight excluding hydrogens is 181 g/mol. The number of benzene rings is 1. The Morgan fingerprint density at radius 3 is 2.79 bits per heavy atom. The van der Waals surface area contributed by atoms with Crippen molar-refractivity contribution in [2.24, 2.45) is 0 Å². The highest BCUT2D eigenvalue weighted by atomic mass is 19.1. The summed E-state index contributed by atoms with van der Waals surface area (Å²) in [6.45, 7) is 1.86. The number of nitrogens with two attached hydrogens (primary N) is 1. The summed E-state index contributed by atoms with van der Waals surface area (Å²) in [5, 5.41) is 4.01. The number of nitrogen functional groups attached to an aromatic ring is 1. The third-order valence-electron chi connectivity index (χ3n) is 2.03. The van der Waals surface area contributed by atoms with E-state index in [1.54, 1.807) is 12.3 Å². The van der Waals surface area contributed by atoms with Gasteiger partial charge < -0.3 is 5.73 Å². The Kier molecular flexibility index (Phi) is 1.96. The lowest BCUT2D eigenvalue weighted by molar-refractivity contribution is 0.609. The summed E-state index contributed by atoms with van der Waals surface area (Å²) >= 11 is 0. The van der Waals surface area contributed by atoms with Crippen LogP contribution in [0.5, 0.6) is 0 Å². The minimum Gasteiger partial charge on any atom is -0.399 e. The molecule has 0 amide bonds. The van der Waals surface area contributed by atoms with Gasteiger partial charge in [-0.15, -0.1) is 0 Å². The number of halogens is 1. The molecular formula is C10H10FN3. The molecule has 0 spiro atoms. The van der Waals surface area contributed by atoms with Crippen molar-refractivity contribution in [1.29, 1.82) is 0 Å². The zero-order valence-corrected chi connectivity index (χ0v) is 7.74. The molecule has 0 bridgehead atoms. The standard InChI is InChI=1S/C10H10FN3/c1-7-4-5-13-14(7)10-6-8(12)2-3-9(10)11/h2-6H,12H2,1H3. The topological polar surface area (TPSA) is 43.8 Å². The minimum atomic E-state index is -0.328. The Balaban J connectivity index is 2.62. The van der Waals surface area contributed by atoms with Gasteiger partial charge in [0.1, 0.15) is 11.5 Å². The van der Waals surface area contributed by atoms with Gasteiger partial charge >= 0.3 is 0 Å². The molecule has 0 aliphatic carbocycles. The summed E-state index contributed by atoms with van der Waals surface area (Å²) in [5.74, 6) is -0.328. The smallest absolute Gasteiger partial charge is 0.149 e. The molecule has 0 aliphatic heterocycles. The van der Waals surface area contributed by atoms with E-state index in [0.29, 0.717) is 11.4 Å². The highest BCUT2D eigenvalue weighted by molar-refractivity contribution is 5.48. The number of aryl methyl sites for hydroxylation is 1. The maximum absolute atomic E-state index is 13.4. The van der Waals surface area contributed by atoms with E-state index in [1.165, 1.54) is 16.8 Å². The first-order chi connectivity index (χ1) is 6.68. The van der Waals surface area contributed by atoms with E-state index in [0.717, 1.165) is 5.69 Å². The quantitative estimate of drug-likeness (QED) is 0.699.